The van der Waals surface area contributed by atoms with Crippen molar-refractivity contribution in [2.75, 3.05) is 45.9 Å². The molecule has 1 aliphatic rings. The molecule has 1 heterocycles. The Morgan fingerprint density at radius 3 is 2.60 bits per heavy atom. The van der Waals surface area contributed by atoms with Gasteiger partial charge in [-0.2, -0.15) is 0 Å². The summed E-state index contributed by atoms with van der Waals surface area (Å²) in [6, 6.07) is 0. The molecule has 0 unspecified atom stereocenters. The lowest BCUT2D eigenvalue weighted by atomic mass is 10.0. The fraction of sp³-hybridized carbons (Fsp3) is 0.846. The van der Waals surface area contributed by atoms with Crippen LogP contribution in [-0.4, -0.2) is 67.8 Å². The maximum atomic E-state index is 11.7. The molecule has 0 aromatic rings. The minimum absolute atomic E-state index is 0.0144. The predicted octanol–water partition coefficient (Wildman–Crippen LogP) is -0.735. The van der Waals surface area contributed by atoms with E-state index in [1.807, 2.05) is 0 Å². The molecule has 0 spiro atoms. The normalized spacial score (nSPS) is 17.6. The Kier molecular flexibility index (Phi) is 8.17. The van der Waals surface area contributed by atoms with Crippen LogP contribution in [0.4, 0.5) is 0 Å². The molecule has 1 aliphatic heterocycles. The van der Waals surface area contributed by atoms with Gasteiger partial charge in [-0.25, -0.2) is 0 Å². The minimum atomic E-state index is -0.844. The second kappa shape index (κ2) is 9.68. The van der Waals surface area contributed by atoms with Gasteiger partial charge < -0.3 is 20.9 Å². The van der Waals surface area contributed by atoms with E-state index in [-0.39, 0.29) is 12.5 Å². The fourth-order valence-electron chi connectivity index (χ4n) is 2.10. The number of ether oxygens (including phenoxy) is 1. The zero-order chi connectivity index (χ0) is 14.8. The predicted molar refractivity (Wildman–Crippen MR) is 74.3 cm³/mol. The monoisotopic (exact) mass is 287 g/mol. The molecule has 1 amide bonds. The van der Waals surface area contributed by atoms with E-state index in [9.17, 15) is 9.59 Å². The molecular weight excluding hydrogens is 262 g/mol. The summed E-state index contributed by atoms with van der Waals surface area (Å²) in [6.45, 7) is 4.11. The Hall–Kier alpha value is -1.18. The van der Waals surface area contributed by atoms with E-state index in [1.54, 1.807) is 0 Å². The first kappa shape index (κ1) is 16.9. The largest absolute Gasteiger partial charge is 0.481 e. The van der Waals surface area contributed by atoms with Gasteiger partial charge in [0.25, 0.3) is 0 Å². The molecule has 1 fully saturated rings. The first-order valence-corrected chi connectivity index (χ1v) is 7.13. The number of rotatable bonds is 9. The molecule has 20 heavy (non-hydrogen) atoms. The van der Waals surface area contributed by atoms with E-state index in [4.69, 9.17) is 15.6 Å². The van der Waals surface area contributed by atoms with E-state index in [1.165, 1.54) is 0 Å². The highest BCUT2D eigenvalue weighted by atomic mass is 16.5. The summed E-state index contributed by atoms with van der Waals surface area (Å²) >= 11 is 0. The van der Waals surface area contributed by atoms with Gasteiger partial charge in [0, 0.05) is 26.2 Å². The van der Waals surface area contributed by atoms with E-state index in [2.05, 4.69) is 10.2 Å². The molecule has 0 aliphatic carbocycles. The lowest BCUT2D eigenvalue weighted by Crippen LogP contribution is -2.43. The minimum Gasteiger partial charge on any atom is -0.481 e. The molecule has 0 radical (unpaired) electrons. The highest BCUT2D eigenvalue weighted by Crippen LogP contribution is 2.06. The average Bonchev–Trinajstić information content (AvgIpc) is 2.43. The third-order valence-corrected chi connectivity index (χ3v) is 3.41. The second-order valence-electron chi connectivity index (χ2n) is 5.01. The smallest absolute Gasteiger partial charge is 0.307 e. The van der Waals surface area contributed by atoms with Crippen LogP contribution >= 0.6 is 0 Å². The van der Waals surface area contributed by atoms with Crippen molar-refractivity contribution in [2.24, 2.45) is 11.7 Å². The summed E-state index contributed by atoms with van der Waals surface area (Å²) < 4.78 is 5.22. The van der Waals surface area contributed by atoms with E-state index < -0.39 is 11.9 Å². The van der Waals surface area contributed by atoms with Crippen molar-refractivity contribution in [1.82, 2.24) is 10.2 Å². The number of unbranched alkanes of at least 4 members (excludes halogenated alkanes) is 1. The third-order valence-electron chi connectivity index (χ3n) is 3.41. The van der Waals surface area contributed by atoms with Crippen molar-refractivity contribution in [1.29, 1.82) is 0 Å². The van der Waals surface area contributed by atoms with Crippen molar-refractivity contribution < 1.29 is 19.4 Å². The molecule has 7 nitrogen and oxygen atoms in total. The molecule has 116 valence electrons. The Bertz CT molecular complexity index is 306. The number of nitrogens with two attached hydrogens (primary N) is 1. The Labute approximate surface area is 119 Å². The SMILES string of the molecule is NC[C@@H](CCCCNC(=O)CN1CCOCC1)C(=O)O. The van der Waals surface area contributed by atoms with Crippen molar-refractivity contribution in [2.45, 2.75) is 19.3 Å². The van der Waals surface area contributed by atoms with E-state index in [0.29, 0.717) is 32.7 Å². The summed E-state index contributed by atoms with van der Waals surface area (Å²) in [5.41, 5.74) is 5.37. The number of carboxylic acid groups (broad SMARTS) is 1. The van der Waals surface area contributed by atoms with Crippen molar-refractivity contribution in [3.8, 4) is 0 Å². The van der Waals surface area contributed by atoms with Crippen LogP contribution in [-0.2, 0) is 14.3 Å². The van der Waals surface area contributed by atoms with Crippen molar-refractivity contribution in [3.05, 3.63) is 0 Å². The molecule has 0 aromatic heterocycles. The molecule has 0 bridgehead atoms. The molecule has 1 saturated heterocycles. The number of hydrogen-bond acceptors (Lipinski definition) is 5. The van der Waals surface area contributed by atoms with Crippen LogP contribution in [0.3, 0.4) is 0 Å². The number of nitrogens with zero attached hydrogens (tertiary/aromatic N) is 1. The number of amides is 1. The zero-order valence-corrected chi connectivity index (χ0v) is 11.8. The maximum absolute atomic E-state index is 11.7. The number of carbonyl (C=O) groups excluding carboxylic acids is 1. The molecule has 1 atom stereocenters. The van der Waals surface area contributed by atoms with Gasteiger partial charge in [-0.15, -0.1) is 0 Å². The number of carboxylic acids is 1. The lowest BCUT2D eigenvalue weighted by Gasteiger charge is -2.25. The standard InChI is InChI=1S/C13H25N3O4/c14-9-11(13(18)19)3-1-2-4-15-12(17)10-16-5-7-20-8-6-16/h11H,1-10,14H2,(H,15,17)(H,18,19)/t11-/m1/s1. The number of hydrogen-bond donors (Lipinski definition) is 3. The Morgan fingerprint density at radius 2 is 2.00 bits per heavy atom. The van der Waals surface area contributed by atoms with Gasteiger partial charge in [0.05, 0.1) is 25.7 Å². The highest BCUT2D eigenvalue weighted by molar-refractivity contribution is 5.77. The maximum Gasteiger partial charge on any atom is 0.307 e. The van der Waals surface area contributed by atoms with Crippen LogP contribution in [0, 0.1) is 5.92 Å². The third kappa shape index (κ3) is 6.83. The average molecular weight is 287 g/mol. The van der Waals surface area contributed by atoms with Crippen LogP contribution in [0.1, 0.15) is 19.3 Å². The van der Waals surface area contributed by atoms with Crippen LogP contribution in [0.15, 0.2) is 0 Å². The van der Waals surface area contributed by atoms with E-state index in [0.717, 1.165) is 25.9 Å². The molecule has 7 heteroatoms. The zero-order valence-electron chi connectivity index (χ0n) is 11.8. The molecule has 1 rings (SSSR count). The van der Waals surface area contributed by atoms with E-state index >= 15 is 0 Å². The Balaban J connectivity index is 2.02. The molecule has 4 N–H and O–H groups in total. The summed E-state index contributed by atoms with van der Waals surface area (Å²) in [5.74, 6) is -1.30. The molecular formula is C13H25N3O4. The van der Waals surface area contributed by atoms with Gasteiger partial charge in [0.1, 0.15) is 0 Å². The van der Waals surface area contributed by atoms with Gasteiger partial charge in [0.2, 0.25) is 5.91 Å². The molecule has 0 saturated carbocycles. The first-order valence-electron chi connectivity index (χ1n) is 7.13. The van der Waals surface area contributed by atoms with Crippen molar-refractivity contribution >= 4 is 11.9 Å². The Morgan fingerprint density at radius 1 is 1.30 bits per heavy atom. The van der Waals surface area contributed by atoms with Crippen molar-refractivity contribution in [3.63, 3.8) is 0 Å². The van der Waals surface area contributed by atoms with Gasteiger partial charge in [-0.1, -0.05) is 6.42 Å². The van der Waals surface area contributed by atoms with Gasteiger partial charge in [-0.3, -0.25) is 14.5 Å². The van der Waals surface area contributed by atoms with Gasteiger partial charge in [-0.05, 0) is 12.8 Å². The summed E-state index contributed by atoms with van der Waals surface area (Å²) in [4.78, 5) is 24.5. The summed E-state index contributed by atoms with van der Waals surface area (Å²) in [5, 5.41) is 11.7. The highest BCUT2D eigenvalue weighted by Gasteiger charge is 2.15. The lowest BCUT2D eigenvalue weighted by molar-refractivity contribution is -0.141. The van der Waals surface area contributed by atoms with Crippen LogP contribution in [0.25, 0.3) is 0 Å². The number of aliphatic carboxylic acids is 1. The summed E-state index contributed by atoms with van der Waals surface area (Å²) in [7, 11) is 0. The second-order valence-corrected chi connectivity index (χ2v) is 5.01. The van der Waals surface area contributed by atoms with Gasteiger partial charge >= 0.3 is 5.97 Å². The van der Waals surface area contributed by atoms with Crippen LogP contribution in [0.5, 0.6) is 0 Å². The number of morpholine rings is 1. The van der Waals surface area contributed by atoms with Crippen LogP contribution < -0.4 is 11.1 Å². The van der Waals surface area contributed by atoms with Crippen LogP contribution in [0.2, 0.25) is 0 Å². The number of nitrogens with one attached hydrogen (secondary N) is 1. The van der Waals surface area contributed by atoms with Gasteiger partial charge in [0.15, 0.2) is 0 Å². The topological polar surface area (TPSA) is 105 Å². The molecule has 0 aromatic carbocycles. The first-order chi connectivity index (χ1) is 9.63. The quantitative estimate of drug-likeness (QED) is 0.483. The summed E-state index contributed by atoms with van der Waals surface area (Å²) in [6.07, 6.45) is 2.09. The number of carbonyl (C=O) groups is 2. The fourth-order valence-corrected chi connectivity index (χ4v) is 2.10.